The lowest BCUT2D eigenvalue weighted by Gasteiger charge is -2.14. The first kappa shape index (κ1) is 24.3. The fourth-order valence-electron chi connectivity index (χ4n) is 3.43. The number of hydrogen-bond donors (Lipinski definition) is 2. The molecule has 0 aliphatic rings. The number of amides is 2. The zero-order chi connectivity index (χ0) is 24.0. The fourth-order valence-corrected chi connectivity index (χ4v) is 4.15. The van der Waals surface area contributed by atoms with Crippen LogP contribution in [0.25, 0.3) is 0 Å². The van der Waals surface area contributed by atoms with Crippen molar-refractivity contribution in [3.8, 4) is 5.75 Å². The first-order valence-corrected chi connectivity index (χ1v) is 11.6. The Hall–Kier alpha value is -3.33. The summed E-state index contributed by atoms with van der Waals surface area (Å²) in [6, 6.07) is 13.0. The lowest BCUT2D eigenvalue weighted by Crippen LogP contribution is -2.29. The van der Waals surface area contributed by atoms with Crippen molar-refractivity contribution >= 4 is 29.3 Å². The molecule has 3 aromatic rings. The number of ether oxygens (including phenoxy) is 1. The summed E-state index contributed by atoms with van der Waals surface area (Å²) in [6.45, 7) is 5.79. The quantitative estimate of drug-likeness (QED) is 0.467. The molecule has 0 aliphatic carbocycles. The van der Waals surface area contributed by atoms with E-state index in [4.69, 9.17) is 4.74 Å². The maximum Gasteiger partial charge on any atom is 0.234 e. The predicted molar refractivity (Wildman–Crippen MR) is 130 cm³/mol. The van der Waals surface area contributed by atoms with E-state index in [2.05, 4.69) is 20.8 Å². The zero-order valence-corrected chi connectivity index (χ0v) is 20.3. The zero-order valence-electron chi connectivity index (χ0n) is 19.5. The molecule has 8 nitrogen and oxygen atoms in total. The minimum atomic E-state index is -0.328. The lowest BCUT2D eigenvalue weighted by molar-refractivity contribution is -0.121. The van der Waals surface area contributed by atoms with Crippen LogP contribution in [0.2, 0.25) is 0 Å². The summed E-state index contributed by atoms with van der Waals surface area (Å²) in [5.41, 5.74) is 3.78. The topological polar surface area (TPSA) is 98.1 Å². The Morgan fingerprint density at radius 1 is 1.06 bits per heavy atom. The molecule has 2 aromatic carbocycles. The number of benzene rings is 2. The van der Waals surface area contributed by atoms with Crippen molar-refractivity contribution in [2.75, 3.05) is 18.2 Å². The summed E-state index contributed by atoms with van der Waals surface area (Å²) >= 11 is 1.30. The van der Waals surface area contributed by atoms with Gasteiger partial charge in [-0.05, 0) is 49.6 Å². The Morgan fingerprint density at radius 2 is 1.73 bits per heavy atom. The molecule has 0 unspecified atom stereocenters. The average Bonchev–Trinajstić information content (AvgIpc) is 3.15. The first-order chi connectivity index (χ1) is 15.8. The molecule has 9 heteroatoms. The maximum absolute atomic E-state index is 12.5. The molecular formula is C24H29N5O3S. The highest BCUT2D eigenvalue weighted by Gasteiger charge is 2.19. The van der Waals surface area contributed by atoms with Gasteiger partial charge in [-0.25, -0.2) is 0 Å². The van der Waals surface area contributed by atoms with Gasteiger partial charge in [0.15, 0.2) is 11.0 Å². The van der Waals surface area contributed by atoms with E-state index >= 15 is 0 Å². The Balaban J connectivity index is 1.54. The standard InChI is InChI=1S/C24H29N5O3S/c1-15-7-6-8-16(2)22(15)26-21(31)14-33-24-28-27-23(29(24)4)17(3)25-20(30)13-18-9-11-19(32-5)12-10-18/h6-12,17H,13-14H2,1-5H3,(H,25,30)(H,26,31)/t17-/m1/s1. The summed E-state index contributed by atoms with van der Waals surface area (Å²) < 4.78 is 6.94. The van der Waals surface area contributed by atoms with E-state index in [1.54, 1.807) is 11.7 Å². The van der Waals surface area contributed by atoms with Crippen molar-refractivity contribution < 1.29 is 14.3 Å². The highest BCUT2D eigenvalue weighted by atomic mass is 32.2. The predicted octanol–water partition coefficient (Wildman–Crippen LogP) is 3.59. The molecule has 1 atom stereocenters. The van der Waals surface area contributed by atoms with Crippen LogP contribution in [-0.2, 0) is 23.1 Å². The summed E-state index contributed by atoms with van der Waals surface area (Å²) in [5.74, 6) is 1.36. The number of carbonyl (C=O) groups is 2. The molecule has 1 aromatic heterocycles. The van der Waals surface area contributed by atoms with Gasteiger partial charge in [0, 0.05) is 12.7 Å². The molecule has 2 N–H and O–H groups in total. The van der Waals surface area contributed by atoms with Crippen LogP contribution in [0.15, 0.2) is 47.6 Å². The minimum Gasteiger partial charge on any atom is -0.497 e. The fraction of sp³-hybridized carbons (Fsp3) is 0.333. The molecule has 0 fully saturated rings. The van der Waals surface area contributed by atoms with Gasteiger partial charge in [-0.15, -0.1) is 10.2 Å². The van der Waals surface area contributed by atoms with Gasteiger partial charge in [0.2, 0.25) is 11.8 Å². The van der Waals surface area contributed by atoms with E-state index in [9.17, 15) is 9.59 Å². The molecule has 3 rings (SSSR count). The summed E-state index contributed by atoms with van der Waals surface area (Å²) in [7, 11) is 3.43. The van der Waals surface area contributed by atoms with Gasteiger partial charge in [0.05, 0.1) is 25.3 Å². The molecule has 0 radical (unpaired) electrons. The van der Waals surface area contributed by atoms with Gasteiger partial charge in [0.25, 0.3) is 0 Å². The third kappa shape index (κ3) is 6.35. The van der Waals surface area contributed by atoms with Crippen molar-refractivity contribution in [2.24, 2.45) is 7.05 Å². The number of anilines is 1. The second-order valence-corrected chi connectivity index (χ2v) is 8.76. The van der Waals surface area contributed by atoms with Crippen LogP contribution < -0.4 is 15.4 Å². The second-order valence-electron chi connectivity index (χ2n) is 7.82. The van der Waals surface area contributed by atoms with Crippen LogP contribution in [0, 0.1) is 13.8 Å². The van der Waals surface area contributed by atoms with Crippen LogP contribution >= 0.6 is 11.8 Å². The van der Waals surface area contributed by atoms with Gasteiger partial charge < -0.3 is 19.9 Å². The van der Waals surface area contributed by atoms with E-state index in [-0.39, 0.29) is 30.0 Å². The Labute approximate surface area is 198 Å². The summed E-state index contributed by atoms with van der Waals surface area (Å²) in [6.07, 6.45) is 0.256. The van der Waals surface area contributed by atoms with Gasteiger partial charge in [-0.3, -0.25) is 9.59 Å². The van der Waals surface area contributed by atoms with Crippen LogP contribution in [0.5, 0.6) is 5.75 Å². The largest absolute Gasteiger partial charge is 0.497 e. The van der Waals surface area contributed by atoms with Crippen molar-refractivity contribution in [1.82, 2.24) is 20.1 Å². The van der Waals surface area contributed by atoms with Crippen molar-refractivity contribution in [1.29, 1.82) is 0 Å². The molecule has 1 heterocycles. The number of nitrogens with one attached hydrogen (secondary N) is 2. The van der Waals surface area contributed by atoms with Gasteiger partial charge >= 0.3 is 0 Å². The number of thioether (sulfide) groups is 1. The molecule has 0 saturated heterocycles. The Bertz CT molecular complexity index is 1110. The number of nitrogens with zero attached hydrogens (tertiary/aromatic N) is 3. The molecule has 2 amide bonds. The molecule has 174 valence electrons. The van der Waals surface area contributed by atoms with E-state index < -0.39 is 0 Å². The van der Waals surface area contributed by atoms with Crippen molar-refractivity contribution in [2.45, 2.75) is 38.4 Å². The van der Waals surface area contributed by atoms with Gasteiger partial charge in [-0.2, -0.15) is 0 Å². The molecule has 0 bridgehead atoms. The van der Waals surface area contributed by atoms with Crippen LogP contribution in [0.1, 0.15) is 35.5 Å². The monoisotopic (exact) mass is 467 g/mol. The number of rotatable bonds is 9. The van der Waals surface area contributed by atoms with E-state index in [1.165, 1.54) is 11.8 Å². The number of methoxy groups -OCH3 is 1. The van der Waals surface area contributed by atoms with Crippen molar-refractivity contribution in [3.05, 3.63) is 65.0 Å². The number of hydrogen-bond acceptors (Lipinski definition) is 6. The first-order valence-electron chi connectivity index (χ1n) is 10.6. The van der Waals surface area contributed by atoms with E-state index in [0.29, 0.717) is 11.0 Å². The third-order valence-electron chi connectivity index (χ3n) is 5.24. The normalized spacial score (nSPS) is 11.7. The van der Waals surface area contributed by atoms with Gasteiger partial charge in [0.1, 0.15) is 5.75 Å². The molecule has 0 saturated carbocycles. The van der Waals surface area contributed by atoms with Crippen molar-refractivity contribution in [3.63, 3.8) is 0 Å². The third-order valence-corrected chi connectivity index (χ3v) is 6.26. The SMILES string of the molecule is COc1ccc(CC(=O)N[C@H](C)c2nnc(SCC(=O)Nc3c(C)cccc3C)n2C)cc1. The molecule has 0 spiro atoms. The molecule has 33 heavy (non-hydrogen) atoms. The smallest absolute Gasteiger partial charge is 0.234 e. The Morgan fingerprint density at radius 3 is 2.36 bits per heavy atom. The molecule has 0 aliphatic heterocycles. The lowest BCUT2D eigenvalue weighted by atomic mass is 10.1. The van der Waals surface area contributed by atoms with Crippen LogP contribution in [0.4, 0.5) is 5.69 Å². The second kappa shape index (κ2) is 11.0. The van der Waals surface area contributed by atoms with Crippen LogP contribution in [0.3, 0.4) is 0 Å². The maximum atomic E-state index is 12.5. The van der Waals surface area contributed by atoms with Crippen LogP contribution in [-0.4, -0.2) is 39.4 Å². The number of carbonyl (C=O) groups excluding carboxylic acids is 2. The highest BCUT2D eigenvalue weighted by Crippen LogP contribution is 2.22. The number of aryl methyl sites for hydroxylation is 2. The van der Waals surface area contributed by atoms with E-state index in [1.807, 2.05) is 70.3 Å². The average molecular weight is 468 g/mol. The van der Waals surface area contributed by atoms with E-state index in [0.717, 1.165) is 28.1 Å². The number of aromatic nitrogens is 3. The van der Waals surface area contributed by atoms with Gasteiger partial charge in [-0.1, -0.05) is 42.1 Å². The minimum absolute atomic E-state index is 0.109. The highest BCUT2D eigenvalue weighted by molar-refractivity contribution is 7.99. The Kier molecular flexibility index (Phi) is 8.11. The number of para-hydroxylation sites is 1. The molecular weight excluding hydrogens is 438 g/mol. The summed E-state index contributed by atoms with van der Waals surface area (Å²) in [4.78, 5) is 24.9. The summed E-state index contributed by atoms with van der Waals surface area (Å²) in [5, 5.41) is 14.9.